The first-order valence-electron chi connectivity index (χ1n) is 8.96. The first kappa shape index (κ1) is 17.9. The van der Waals surface area contributed by atoms with Gasteiger partial charge in [0.05, 0.1) is 13.7 Å². The van der Waals surface area contributed by atoms with Gasteiger partial charge in [-0.15, -0.1) is 0 Å². The lowest BCUT2D eigenvalue weighted by Gasteiger charge is -2.33. The Morgan fingerprint density at radius 3 is 2.64 bits per heavy atom. The van der Waals surface area contributed by atoms with Crippen LogP contribution in [-0.4, -0.2) is 61.3 Å². The van der Waals surface area contributed by atoms with Gasteiger partial charge in [-0.3, -0.25) is 14.5 Å². The van der Waals surface area contributed by atoms with Gasteiger partial charge in [0.25, 0.3) is 0 Å². The predicted molar refractivity (Wildman–Crippen MR) is 92.3 cm³/mol. The number of carbonyl (C=O) groups excluding carboxylic acids is 2. The first-order valence-corrected chi connectivity index (χ1v) is 8.96. The van der Waals surface area contributed by atoms with Gasteiger partial charge in [0.2, 0.25) is 5.91 Å². The summed E-state index contributed by atoms with van der Waals surface area (Å²) in [6.45, 7) is 3.53. The molecule has 25 heavy (non-hydrogen) atoms. The molecule has 2 fully saturated rings. The zero-order valence-electron chi connectivity index (χ0n) is 14.7. The van der Waals surface area contributed by atoms with Crippen molar-refractivity contribution in [2.75, 3.05) is 39.8 Å². The molecule has 0 N–H and O–H groups in total. The summed E-state index contributed by atoms with van der Waals surface area (Å²) in [4.78, 5) is 29.2. The molecular weight excluding hydrogens is 323 g/mol. The van der Waals surface area contributed by atoms with E-state index in [0.29, 0.717) is 25.2 Å². The molecule has 0 unspecified atom stereocenters. The van der Waals surface area contributed by atoms with Crippen molar-refractivity contribution in [1.82, 2.24) is 9.80 Å². The maximum absolute atomic E-state index is 13.9. The van der Waals surface area contributed by atoms with E-state index in [1.807, 2.05) is 0 Å². The molecule has 0 aliphatic carbocycles. The predicted octanol–water partition coefficient (Wildman–Crippen LogP) is 2.35. The third-order valence-corrected chi connectivity index (χ3v) is 5.14. The second-order valence-electron chi connectivity index (χ2n) is 6.88. The Bertz CT molecular complexity index is 644. The standard InChI is InChI=1S/C19H25FN2O3/c1-25-17-7-6-14(11-16(17)20)19(24)15-5-4-10-22(12-15)18(23)13-21-8-2-3-9-21/h6-7,11,15H,2-5,8-10,12-13H2,1H3/t15-/m0/s1. The molecule has 0 radical (unpaired) electrons. The molecule has 2 aliphatic rings. The third kappa shape index (κ3) is 4.18. The molecule has 3 rings (SSSR count). The number of piperidine rings is 1. The summed E-state index contributed by atoms with van der Waals surface area (Å²) in [6.07, 6.45) is 3.84. The number of ether oxygens (including phenoxy) is 1. The van der Waals surface area contributed by atoms with Crippen molar-refractivity contribution in [3.8, 4) is 5.75 Å². The van der Waals surface area contributed by atoms with Crippen molar-refractivity contribution in [3.63, 3.8) is 0 Å². The van der Waals surface area contributed by atoms with Crippen LogP contribution in [0.25, 0.3) is 0 Å². The summed E-state index contributed by atoms with van der Waals surface area (Å²) in [5.41, 5.74) is 0.345. The minimum Gasteiger partial charge on any atom is -0.494 e. The smallest absolute Gasteiger partial charge is 0.236 e. The summed E-state index contributed by atoms with van der Waals surface area (Å²) in [5.74, 6) is -0.668. The number of amides is 1. The molecule has 0 spiro atoms. The van der Waals surface area contributed by atoms with Crippen LogP contribution in [-0.2, 0) is 4.79 Å². The van der Waals surface area contributed by atoms with Gasteiger partial charge in [-0.25, -0.2) is 4.39 Å². The van der Waals surface area contributed by atoms with Crippen molar-refractivity contribution >= 4 is 11.7 Å². The van der Waals surface area contributed by atoms with Crippen LogP contribution in [0.15, 0.2) is 18.2 Å². The van der Waals surface area contributed by atoms with Crippen LogP contribution in [0.3, 0.4) is 0 Å². The number of benzene rings is 1. The number of hydrogen-bond acceptors (Lipinski definition) is 4. The van der Waals surface area contributed by atoms with Crippen molar-refractivity contribution in [1.29, 1.82) is 0 Å². The topological polar surface area (TPSA) is 49.9 Å². The fraction of sp³-hybridized carbons (Fsp3) is 0.579. The summed E-state index contributed by atoms with van der Waals surface area (Å²) in [7, 11) is 1.39. The molecule has 2 saturated heterocycles. The van der Waals surface area contributed by atoms with Gasteiger partial charge >= 0.3 is 0 Å². The summed E-state index contributed by atoms with van der Waals surface area (Å²) >= 11 is 0. The second kappa shape index (κ2) is 7.95. The van der Waals surface area contributed by atoms with Crippen LogP contribution in [0.1, 0.15) is 36.0 Å². The quantitative estimate of drug-likeness (QED) is 0.767. The molecule has 1 amide bonds. The first-order chi connectivity index (χ1) is 12.1. The van der Waals surface area contributed by atoms with E-state index in [1.165, 1.54) is 19.2 Å². The van der Waals surface area contributed by atoms with Crippen LogP contribution in [0.2, 0.25) is 0 Å². The number of halogens is 1. The second-order valence-corrected chi connectivity index (χ2v) is 6.88. The zero-order valence-corrected chi connectivity index (χ0v) is 14.7. The van der Waals surface area contributed by atoms with Gasteiger partial charge in [-0.1, -0.05) is 0 Å². The Labute approximate surface area is 147 Å². The van der Waals surface area contributed by atoms with E-state index in [4.69, 9.17) is 4.74 Å². The van der Waals surface area contributed by atoms with Crippen LogP contribution < -0.4 is 4.74 Å². The van der Waals surface area contributed by atoms with Gasteiger partial charge in [-0.2, -0.15) is 0 Å². The molecule has 5 nitrogen and oxygen atoms in total. The molecule has 1 aromatic carbocycles. The molecule has 1 aromatic rings. The van der Waals surface area contributed by atoms with Gasteiger partial charge in [0.15, 0.2) is 17.3 Å². The Morgan fingerprint density at radius 1 is 1.20 bits per heavy atom. The lowest BCUT2D eigenvalue weighted by Crippen LogP contribution is -2.46. The number of Topliss-reactive ketones (excluding diaryl/α,β-unsaturated/α-hetero) is 1. The molecule has 0 aromatic heterocycles. The average Bonchev–Trinajstić information content (AvgIpc) is 3.14. The third-order valence-electron chi connectivity index (χ3n) is 5.14. The molecule has 136 valence electrons. The van der Waals surface area contributed by atoms with E-state index in [-0.39, 0.29) is 23.4 Å². The monoisotopic (exact) mass is 348 g/mol. The summed E-state index contributed by atoms with van der Waals surface area (Å²) in [5, 5.41) is 0. The lowest BCUT2D eigenvalue weighted by molar-refractivity contribution is -0.133. The Morgan fingerprint density at radius 2 is 1.96 bits per heavy atom. The number of likely N-dealkylation sites (tertiary alicyclic amines) is 2. The Kier molecular flexibility index (Phi) is 5.68. The van der Waals surface area contributed by atoms with E-state index in [1.54, 1.807) is 11.0 Å². The molecule has 0 saturated carbocycles. The molecule has 0 bridgehead atoms. The minimum atomic E-state index is -0.536. The highest BCUT2D eigenvalue weighted by molar-refractivity contribution is 5.98. The normalized spacial score (nSPS) is 21.4. The largest absolute Gasteiger partial charge is 0.494 e. The number of ketones is 1. The summed E-state index contributed by atoms with van der Waals surface area (Å²) in [6, 6.07) is 4.29. The SMILES string of the molecule is COc1ccc(C(=O)[C@H]2CCCN(C(=O)CN3CCCC3)C2)cc1F. The van der Waals surface area contributed by atoms with Crippen molar-refractivity contribution in [3.05, 3.63) is 29.6 Å². The van der Waals surface area contributed by atoms with Crippen molar-refractivity contribution in [2.45, 2.75) is 25.7 Å². The maximum atomic E-state index is 13.9. The molecule has 1 atom stereocenters. The number of hydrogen-bond donors (Lipinski definition) is 0. The number of carbonyl (C=O) groups is 2. The van der Waals surface area contributed by atoms with Crippen molar-refractivity contribution in [2.24, 2.45) is 5.92 Å². The highest BCUT2D eigenvalue weighted by Gasteiger charge is 2.30. The van der Waals surface area contributed by atoms with E-state index < -0.39 is 5.82 Å². The van der Waals surface area contributed by atoms with Crippen LogP contribution in [0.5, 0.6) is 5.75 Å². The fourth-order valence-corrected chi connectivity index (χ4v) is 3.71. The van der Waals surface area contributed by atoms with Gasteiger partial charge < -0.3 is 9.64 Å². The molecule has 2 aliphatic heterocycles. The fourth-order valence-electron chi connectivity index (χ4n) is 3.71. The average molecular weight is 348 g/mol. The van der Waals surface area contributed by atoms with Crippen molar-refractivity contribution < 1.29 is 18.7 Å². The van der Waals surface area contributed by atoms with Gasteiger partial charge in [-0.05, 0) is 57.0 Å². The highest BCUT2D eigenvalue weighted by Crippen LogP contribution is 2.24. The summed E-state index contributed by atoms with van der Waals surface area (Å²) < 4.78 is 18.8. The Hall–Kier alpha value is -1.95. The lowest BCUT2D eigenvalue weighted by atomic mass is 9.90. The molecular formula is C19H25FN2O3. The van der Waals surface area contributed by atoms with Crippen LogP contribution >= 0.6 is 0 Å². The van der Waals surface area contributed by atoms with Crippen LogP contribution in [0, 0.1) is 11.7 Å². The van der Waals surface area contributed by atoms with Gasteiger partial charge in [0.1, 0.15) is 0 Å². The maximum Gasteiger partial charge on any atom is 0.236 e. The van der Waals surface area contributed by atoms with E-state index in [2.05, 4.69) is 4.90 Å². The highest BCUT2D eigenvalue weighted by atomic mass is 19.1. The number of rotatable bonds is 5. The minimum absolute atomic E-state index is 0.0970. The molecule has 2 heterocycles. The van der Waals surface area contributed by atoms with E-state index in [0.717, 1.165) is 38.8 Å². The van der Waals surface area contributed by atoms with Crippen LogP contribution in [0.4, 0.5) is 4.39 Å². The van der Waals surface area contributed by atoms with E-state index >= 15 is 0 Å². The molecule has 6 heteroatoms. The number of methoxy groups -OCH3 is 1. The zero-order chi connectivity index (χ0) is 17.8. The van der Waals surface area contributed by atoms with E-state index in [9.17, 15) is 14.0 Å². The van der Waals surface area contributed by atoms with Gasteiger partial charge in [0, 0.05) is 24.6 Å². The Balaban J connectivity index is 1.63. The number of nitrogens with zero attached hydrogens (tertiary/aromatic N) is 2.